The first-order valence-electron chi connectivity index (χ1n) is 2.28. The van der Waals surface area contributed by atoms with Gasteiger partial charge in [-0.15, -0.1) is 11.3 Å². The SMILES string of the molecule is O=CNc1ccsc1Br. The van der Waals surface area contributed by atoms with Crippen molar-refractivity contribution in [1.29, 1.82) is 0 Å². The smallest absolute Gasteiger partial charge is 0.211 e. The molecule has 0 saturated carbocycles. The molecule has 1 rings (SSSR count). The van der Waals surface area contributed by atoms with Crippen LogP contribution >= 0.6 is 27.3 Å². The first kappa shape index (κ1) is 6.77. The Bertz CT molecular complexity index is 210. The van der Waals surface area contributed by atoms with E-state index in [9.17, 15) is 4.79 Å². The number of rotatable bonds is 2. The molecule has 1 amide bonds. The summed E-state index contributed by atoms with van der Waals surface area (Å²) >= 11 is 4.80. The Morgan fingerprint density at radius 1 is 1.78 bits per heavy atom. The van der Waals surface area contributed by atoms with E-state index in [0.717, 1.165) is 9.47 Å². The lowest BCUT2D eigenvalue weighted by molar-refractivity contribution is -0.105. The Morgan fingerprint density at radius 2 is 2.56 bits per heavy atom. The zero-order valence-electron chi connectivity index (χ0n) is 4.43. The van der Waals surface area contributed by atoms with Crippen molar-refractivity contribution in [3.8, 4) is 0 Å². The predicted molar refractivity (Wildman–Crippen MR) is 41.7 cm³/mol. The lowest BCUT2D eigenvalue weighted by Gasteiger charge is -1.90. The molecule has 0 aliphatic rings. The van der Waals surface area contributed by atoms with Crippen molar-refractivity contribution >= 4 is 39.4 Å². The molecule has 0 unspecified atom stereocenters. The fourth-order valence-corrected chi connectivity index (χ4v) is 1.61. The van der Waals surface area contributed by atoms with Crippen LogP contribution in [0, 0.1) is 0 Å². The number of hydrogen-bond acceptors (Lipinski definition) is 2. The summed E-state index contributed by atoms with van der Waals surface area (Å²) in [5.74, 6) is 0. The van der Waals surface area contributed by atoms with Crippen molar-refractivity contribution < 1.29 is 4.79 Å². The topological polar surface area (TPSA) is 29.1 Å². The minimum absolute atomic E-state index is 0.660. The van der Waals surface area contributed by atoms with Gasteiger partial charge < -0.3 is 5.32 Å². The molecule has 4 heteroatoms. The van der Waals surface area contributed by atoms with Crippen molar-refractivity contribution in [2.45, 2.75) is 0 Å². The standard InChI is InChI=1S/C5H4BrNOS/c6-5-4(7-3-8)1-2-9-5/h1-3H,(H,7,8). The molecule has 0 aliphatic carbocycles. The fourth-order valence-electron chi connectivity index (χ4n) is 0.459. The molecule has 0 aliphatic heterocycles. The van der Waals surface area contributed by atoms with Gasteiger partial charge in [0.1, 0.15) is 0 Å². The Hall–Kier alpha value is -0.350. The highest BCUT2D eigenvalue weighted by atomic mass is 79.9. The molecule has 1 heterocycles. The van der Waals surface area contributed by atoms with Gasteiger partial charge in [-0.25, -0.2) is 0 Å². The maximum Gasteiger partial charge on any atom is 0.211 e. The van der Waals surface area contributed by atoms with Gasteiger partial charge in [0.2, 0.25) is 6.41 Å². The van der Waals surface area contributed by atoms with E-state index in [2.05, 4.69) is 21.2 Å². The van der Waals surface area contributed by atoms with E-state index in [1.54, 1.807) is 0 Å². The van der Waals surface area contributed by atoms with E-state index in [-0.39, 0.29) is 0 Å². The Kier molecular flexibility index (Phi) is 2.24. The average molecular weight is 206 g/mol. The predicted octanol–water partition coefficient (Wildman–Crippen LogP) is 2.08. The third-order valence-corrected chi connectivity index (χ3v) is 2.52. The van der Waals surface area contributed by atoms with Crippen molar-refractivity contribution in [3.63, 3.8) is 0 Å². The molecule has 48 valence electrons. The van der Waals surface area contributed by atoms with Crippen LogP contribution in [0.25, 0.3) is 0 Å². The van der Waals surface area contributed by atoms with Gasteiger partial charge in [0.15, 0.2) is 0 Å². The number of hydrogen-bond donors (Lipinski definition) is 1. The molecule has 0 radical (unpaired) electrons. The second kappa shape index (κ2) is 2.98. The fraction of sp³-hybridized carbons (Fsp3) is 0. The molecule has 1 N–H and O–H groups in total. The average Bonchev–Trinajstić information content (AvgIpc) is 2.18. The van der Waals surface area contributed by atoms with Gasteiger partial charge in [0.05, 0.1) is 9.47 Å². The van der Waals surface area contributed by atoms with E-state index < -0.39 is 0 Å². The van der Waals surface area contributed by atoms with E-state index in [0.29, 0.717) is 6.41 Å². The molecular formula is C5H4BrNOS. The van der Waals surface area contributed by atoms with Crippen LogP contribution in [0.2, 0.25) is 0 Å². The first-order chi connectivity index (χ1) is 4.34. The third kappa shape index (κ3) is 1.53. The molecule has 0 spiro atoms. The van der Waals surface area contributed by atoms with Crippen LogP contribution in [0.15, 0.2) is 15.2 Å². The number of carbonyl (C=O) groups excluding carboxylic acids is 1. The summed E-state index contributed by atoms with van der Waals surface area (Å²) in [6.07, 6.45) is 0.660. The summed E-state index contributed by atoms with van der Waals surface area (Å²) in [5, 5.41) is 4.44. The van der Waals surface area contributed by atoms with Gasteiger partial charge in [-0.1, -0.05) is 0 Å². The van der Waals surface area contributed by atoms with Gasteiger partial charge >= 0.3 is 0 Å². The normalized spacial score (nSPS) is 9.00. The van der Waals surface area contributed by atoms with Crippen LogP contribution in [-0.2, 0) is 4.79 Å². The molecule has 0 saturated heterocycles. The highest BCUT2D eigenvalue weighted by Crippen LogP contribution is 2.27. The summed E-state index contributed by atoms with van der Waals surface area (Å²) < 4.78 is 0.953. The summed E-state index contributed by atoms with van der Waals surface area (Å²) in [6.45, 7) is 0. The summed E-state index contributed by atoms with van der Waals surface area (Å²) in [7, 11) is 0. The number of thiophene rings is 1. The molecule has 0 bridgehead atoms. The second-order valence-electron chi connectivity index (χ2n) is 1.37. The highest BCUT2D eigenvalue weighted by Gasteiger charge is 1.96. The molecule has 1 aromatic rings. The van der Waals surface area contributed by atoms with Gasteiger partial charge in [-0.3, -0.25) is 4.79 Å². The van der Waals surface area contributed by atoms with Gasteiger partial charge in [-0.2, -0.15) is 0 Å². The lowest BCUT2D eigenvalue weighted by atomic mass is 10.5. The van der Waals surface area contributed by atoms with Crippen molar-refractivity contribution in [3.05, 3.63) is 15.2 Å². The largest absolute Gasteiger partial charge is 0.327 e. The van der Waals surface area contributed by atoms with Gasteiger partial charge in [0.25, 0.3) is 0 Å². The van der Waals surface area contributed by atoms with Crippen molar-refractivity contribution in [1.82, 2.24) is 0 Å². The molecule has 0 atom stereocenters. The Labute approximate surface area is 65.0 Å². The van der Waals surface area contributed by atoms with Gasteiger partial charge in [-0.05, 0) is 27.4 Å². The Balaban J connectivity index is 2.80. The van der Waals surface area contributed by atoms with Crippen LogP contribution in [-0.4, -0.2) is 6.41 Å². The number of anilines is 1. The molecule has 1 aromatic heterocycles. The summed E-state index contributed by atoms with van der Waals surface area (Å²) in [4.78, 5) is 9.90. The third-order valence-electron chi connectivity index (χ3n) is 0.832. The first-order valence-corrected chi connectivity index (χ1v) is 3.95. The maximum atomic E-state index is 9.90. The van der Waals surface area contributed by atoms with Crippen LogP contribution < -0.4 is 5.32 Å². The molecule has 0 aromatic carbocycles. The molecular weight excluding hydrogens is 202 g/mol. The zero-order valence-corrected chi connectivity index (χ0v) is 6.83. The van der Waals surface area contributed by atoms with Crippen LogP contribution in [0.3, 0.4) is 0 Å². The van der Waals surface area contributed by atoms with Gasteiger partial charge in [0, 0.05) is 0 Å². The second-order valence-corrected chi connectivity index (χ2v) is 3.60. The van der Waals surface area contributed by atoms with E-state index >= 15 is 0 Å². The number of nitrogens with one attached hydrogen (secondary N) is 1. The maximum absolute atomic E-state index is 9.90. The van der Waals surface area contributed by atoms with Crippen LogP contribution in [0.1, 0.15) is 0 Å². The molecule has 2 nitrogen and oxygen atoms in total. The van der Waals surface area contributed by atoms with Crippen LogP contribution in [0.5, 0.6) is 0 Å². The van der Waals surface area contributed by atoms with Crippen molar-refractivity contribution in [2.24, 2.45) is 0 Å². The van der Waals surface area contributed by atoms with E-state index in [4.69, 9.17) is 0 Å². The van der Waals surface area contributed by atoms with Crippen LogP contribution in [0.4, 0.5) is 5.69 Å². The van der Waals surface area contributed by atoms with E-state index in [1.165, 1.54) is 11.3 Å². The zero-order chi connectivity index (χ0) is 6.69. The highest BCUT2D eigenvalue weighted by molar-refractivity contribution is 9.11. The Morgan fingerprint density at radius 3 is 3.00 bits per heavy atom. The lowest BCUT2D eigenvalue weighted by Crippen LogP contribution is -1.90. The number of amides is 1. The number of halogens is 1. The summed E-state index contributed by atoms with van der Waals surface area (Å²) in [5.41, 5.74) is 0.829. The minimum atomic E-state index is 0.660. The van der Waals surface area contributed by atoms with E-state index in [1.807, 2.05) is 11.4 Å². The molecule has 9 heavy (non-hydrogen) atoms. The minimum Gasteiger partial charge on any atom is -0.327 e. The number of carbonyl (C=O) groups is 1. The quantitative estimate of drug-likeness (QED) is 0.737. The van der Waals surface area contributed by atoms with Crippen molar-refractivity contribution in [2.75, 3.05) is 5.32 Å². The summed E-state index contributed by atoms with van der Waals surface area (Å²) in [6, 6.07) is 1.84. The monoisotopic (exact) mass is 205 g/mol. The molecule has 0 fully saturated rings.